The third-order valence-corrected chi connectivity index (χ3v) is 7.29. The number of halogens is 1. The maximum atomic E-state index is 6.32. The molecular weight excluding hydrogens is 376 g/mol. The number of likely N-dealkylation sites (tertiary alicyclic amines) is 1. The van der Waals surface area contributed by atoms with Crippen LogP contribution < -0.4 is 5.32 Å². The number of nitrogens with zero attached hydrogens (tertiary/aromatic N) is 1. The molecule has 0 radical (unpaired) electrons. The molecule has 4 heterocycles. The Morgan fingerprint density at radius 3 is 3.04 bits per heavy atom. The Balaban J connectivity index is 1.54. The van der Waals surface area contributed by atoms with Crippen molar-refractivity contribution < 1.29 is 4.42 Å². The smallest absolute Gasteiger partial charge is 0.0947 e. The topological polar surface area (TPSA) is 28.4 Å². The quantitative estimate of drug-likeness (QED) is 0.577. The van der Waals surface area contributed by atoms with Crippen LogP contribution in [0.1, 0.15) is 46.9 Å². The average molecular weight is 399 g/mol. The summed E-state index contributed by atoms with van der Waals surface area (Å²) in [7, 11) is 0. The highest BCUT2D eigenvalue weighted by atomic mass is 35.5. The first-order chi connectivity index (χ1) is 13.2. The summed E-state index contributed by atoms with van der Waals surface area (Å²) in [5.41, 5.74) is 5.35. The summed E-state index contributed by atoms with van der Waals surface area (Å²) >= 11 is 8.21. The number of aryl methyl sites for hydroxylation is 1. The van der Waals surface area contributed by atoms with Crippen LogP contribution in [0.4, 0.5) is 5.69 Å². The van der Waals surface area contributed by atoms with Gasteiger partial charge in [0, 0.05) is 33.6 Å². The number of hydrogen-bond acceptors (Lipinski definition) is 4. The number of furan rings is 1. The molecule has 0 aliphatic carbocycles. The van der Waals surface area contributed by atoms with Crippen LogP contribution in [0.2, 0.25) is 5.02 Å². The van der Waals surface area contributed by atoms with Gasteiger partial charge in [0.15, 0.2) is 0 Å². The van der Waals surface area contributed by atoms with Crippen LogP contribution in [0, 0.1) is 0 Å². The molecule has 3 unspecified atom stereocenters. The second-order valence-corrected chi connectivity index (χ2v) is 8.89. The van der Waals surface area contributed by atoms with E-state index in [4.69, 9.17) is 16.0 Å². The fourth-order valence-electron chi connectivity index (χ4n) is 4.77. The van der Waals surface area contributed by atoms with Crippen LogP contribution in [0.5, 0.6) is 0 Å². The van der Waals surface area contributed by atoms with Gasteiger partial charge in [0.05, 0.1) is 24.6 Å². The highest BCUT2D eigenvalue weighted by molar-refractivity contribution is 7.10. The highest BCUT2D eigenvalue weighted by Crippen LogP contribution is 2.50. The number of benzene rings is 1. The third-order valence-electron chi connectivity index (χ3n) is 6.03. The number of thiophene rings is 1. The number of nitrogens with one attached hydrogen (secondary N) is 1. The average Bonchev–Trinajstić information content (AvgIpc) is 3.40. The molecule has 5 rings (SSSR count). The Kier molecular flexibility index (Phi) is 4.50. The molecule has 0 spiro atoms. The standard InChI is InChI=1S/C22H23ClN2OS/c1-2-15-7-10-27-22(15)21-20-17(18-11-16(23)3-4-19(18)24-20)5-8-25(21)12-14-6-9-26-13-14/h3-4,6-7,9-11,13,17,20-21,24H,2,5,8,12H2,1H3. The maximum absolute atomic E-state index is 6.32. The molecule has 1 aromatic carbocycles. The van der Waals surface area contributed by atoms with Crippen molar-refractivity contribution in [1.29, 1.82) is 0 Å². The zero-order valence-electron chi connectivity index (χ0n) is 15.3. The van der Waals surface area contributed by atoms with E-state index < -0.39 is 0 Å². The first kappa shape index (κ1) is 17.4. The zero-order valence-corrected chi connectivity index (χ0v) is 16.9. The van der Waals surface area contributed by atoms with Gasteiger partial charge in [0.2, 0.25) is 0 Å². The molecule has 1 saturated heterocycles. The summed E-state index contributed by atoms with van der Waals surface area (Å²) in [4.78, 5) is 4.12. The minimum absolute atomic E-state index is 0.361. The van der Waals surface area contributed by atoms with Gasteiger partial charge in [-0.05, 0) is 66.2 Å². The Morgan fingerprint density at radius 2 is 2.22 bits per heavy atom. The van der Waals surface area contributed by atoms with Crippen molar-refractivity contribution in [2.45, 2.75) is 44.3 Å². The monoisotopic (exact) mass is 398 g/mol. The first-order valence-corrected chi connectivity index (χ1v) is 10.9. The summed E-state index contributed by atoms with van der Waals surface area (Å²) in [5.74, 6) is 0.510. The summed E-state index contributed by atoms with van der Waals surface area (Å²) in [6, 6.07) is 11.4. The predicted molar refractivity (Wildman–Crippen MR) is 112 cm³/mol. The van der Waals surface area contributed by atoms with Gasteiger partial charge < -0.3 is 9.73 Å². The summed E-state index contributed by atoms with van der Waals surface area (Å²) < 4.78 is 5.32. The molecule has 3 aromatic rings. The molecule has 0 saturated carbocycles. The van der Waals surface area contributed by atoms with Crippen molar-refractivity contribution in [2.24, 2.45) is 0 Å². The SMILES string of the molecule is CCc1ccsc1C1C2Nc3ccc(Cl)cc3C2CCN1Cc1ccoc1. The van der Waals surface area contributed by atoms with E-state index in [1.54, 1.807) is 6.26 Å². The molecule has 3 atom stereocenters. The van der Waals surface area contributed by atoms with Crippen molar-refractivity contribution in [2.75, 3.05) is 11.9 Å². The largest absolute Gasteiger partial charge is 0.472 e. The number of rotatable bonds is 4. The lowest BCUT2D eigenvalue weighted by atomic mass is 9.82. The first-order valence-electron chi connectivity index (χ1n) is 9.62. The molecule has 5 heteroatoms. The number of piperidine rings is 1. The molecule has 0 bridgehead atoms. The number of fused-ring (bicyclic) bond motifs is 3. The van der Waals surface area contributed by atoms with Crippen LogP contribution in [-0.2, 0) is 13.0 Å². The van der Waals surface area contributed by atoms with Gasteiger partial charge in [-0.3, -0.25) is 4.90 Å². The molecule has 1 fully saturated rings. The van der Waals surface area contributed by atoms with Gasteiger partial charge >= 0.3 is 0 Å². The van der Waals surface area contributed by atoms with Gasteiger partial charge in [-0.1, -0.05) is 18.5 Å². The fraction of sp³-hybridized carbons (Fsp3) is 0.364. The van der Waals surface area contributed by atoms with Crippen molar-refractivity contribution in [3.05, 3.63) is 74.8 Å². The summed E-state index contributed by atoms with van der Waals surface area (Å²) in [6.45, 7) is 4.25. The van der Waals surface area contributed by atoms with Gasteiger partial charge in [0.25, 0.3) is 0 Å². The van der Waals surface area contributed by atoms with Crippen LogP contribution in [0.3, 0.4) is 0 Å². The predicted octanol–water partition coefficient (Wildman–Crippen LogP) is 6.08. The lowest BCUT2D eigenvalue weighted by Gasteiger charge is -2.43. The molecular formula is C22H23ClN2OS. The van der Waals surface area contributed by atoms with Crippen LogP contribution >= 0.6 is 22.9 Å². The molecule has 140 valence electrons. The Bertz CT molecular complexity index is 936. The van der Waals surface area contributed by atoms with Gasteiger partial charge in [0.1, 0.15) is 0 Å². The minimum atomic E-state index is 0.361. The van der Waals surface area contributed by atoms with Crippen molar-refractivity contribution >= 4 is 28.6 Å². The normalized spacial score (nSPS) is 24.4. The van der Waals surface area contributed by atoms with Crippen molar-refractivity contribution in [3.63, 3.8) is 0 Å². The summed E-state index contributed by atoms with van der Waals surface area (Å²) in [5, 5.41) is 6.92. The van der Waals surface area contributed by atoms with E-state index in [9.17, 15) is 0 Å². The summed E-state index contributed by atoms with van der Waals surface area (Å²) in [6.07, 6.45) is 5.86. The molecule has 3 nitrogen and oxygen atoms in total. The lowest BCUT2D eigenvalue weighted by Crippen LogP contribution is -2.46. The Hall–Kier alpha value is -1.75. The maximum Gasteiger partial charge on any atom is 0.0947 e. The zero-order chi connectivity index (χ0) is 18.4. The Morgan fingerprint density at radius 1 is 1.30 bits per heavy atom. The van der Waals surface area contributed by atoms with Gasteiger partial charge in [-0.2, -0.15) is 0 Å². The molecule has 27 heavy (non-hydrogen) atoms. The van der Waals surface area contributed by atoms with E-state index in [1.807, 2.05) is 23.7 Å². The van der Waals surface area contributed by atoms with Crippen LogP contribution in [0.15, 0.2) is 52.7 Å². The van der Waals surface area contributed by atoms with E-state index in [2.05, 4.69) is 46.8 Å². The van der Waals surface area contributed by atoms with E-state index in [-0.39, 0.29) is 0 Å². The number of anilines is 1. The number of hydrogen-bond donors (Lipinski definition) is 1. The molecule has 0 amide bonds. The van der Waals surface area contributed by atoms with Crippen LogP contribution in [-0.4, -0.2) is 17.5 Å². The fourth-order valence-corrected chi connectivity index (χ4v) is 6.13. The van der Waals surface area contributed by atoms with E-state index in [1.165, 1.54) is 27.3 Å². The molecule has 1 N–H and O–H groups in total. The third kappa shape index (κ3) is 3.00. The van der Waals surface area contributed by atoms with Crippen molar-refractivity contribution in [3.8, 4) is 0 Å². The minimum Gasteiger partial charge on any atom is -0.472 e. The molecule has 2 aliphatic rings. The van der Waals surface area contributed by atoms with Gasteiger partial charge in [-0.25, -0.2) is 0 Å². The van der Waals surface area contributed by atoms with Crippen LogP contribution in [0.25, 0.3) is 0 Å². The van der Waals surface area contributed by atoms with Crippen molar-refractivity contribution in [1.82, 2.24) is 4.90 Å². The molecule has 2 aliphatic heterocycles. The molecule has 2 aromatic heterocycles. The van der Waals surface area contributed by atoms with E-state index in [0.717, 1.165) is 31.0 Å². The van der Waals surface area contributed by atoms with E-state index in [0.29, 0.717) is 18.0 Å². The highest BCUT2D eigenvalue weighted by Gasteiger charge is 2.45. The van der Waals surface area contributed by atoms with Gasteiger partial charge in [-0.15, -0.1) is 11.3 Å². The second-order valence-electron chi connectivity index (χ2n) is 7.51. The second kappa shape index (κ2) is 7.01. The Labute approximate surface area is 169 Å². The lowest BCUT2D eigenvalue weighted by molar-refractivity contribution is 0.119. The van der Waals surface area contributed by atoms with E-state index >= 15 is 0 Å².